The van der Waals surface area contributed by atoms with E-state index in [1.807, 2.05) is 0 Å². The van der Waals surface area contributed by atoms with Crippen molar-refractivity contribution in [3.63, 3.8) is 0 Å². The molecule has 0 aromatic heterocycles. The summed E-state index contributed by atoms with van der Waals surface area (Å²) in [7, 11) is 1.61. The highest BCUT2D eigenvalue weighted by Crippen LogP contribution is 1.99. The summed E-state index contributed by atoms with van der Waals surface area (Å²) in [4.78, 5) is 0. The van der Waals surface area contributed by atoms with Crippen molar-refractivity contribution in [1.82, 2.24) is 0 Å². The Balaban J connectivity index is 3.66. The molecule has 0 aliphatic rings. The van der Waals surface area contributed by atoms with E-state index in [1.54, 1.807) is 19.4 Å². The van der Waals surface area contributed by atoms with Gasteiger partial charge in [0.1, 0.15) is 0 Å². The molecule has 9 heavy (non-hydrogen) atoms. The van der Waals surface area contributed by atoms with E-state index in [1.165, 1.54) is 0 Å². The summed E-state index contributed by atoms with van der Waals surface area (Å²) in [6, 6.07) is 0. The van der Waals surface area contributed by atoms with E-state index in [0.29, 0.717) is 6.54 Å². The summed E-state index contributed by atoms with van der Waals surface area (Å²) in [6.45, 7) is 4.23. The molecule has 0 aromatic rings. The van der Waals surface area contributed by atoms with Crippen molar-refractivity contribution < 1.29 is 4.74 Å². The van der Waals surface area contributed by atoms with Crippen LogP contribution in [0.5, 0.6) is 0 Å². The van der Waals surface area contributed by atoms with Crippen molar-refractivity contribution in [3.05, 3.63) is 24.5 Å². The second kappa shape index (κ2) is 5.38. The minimum absolute atomic E-state index is 0.640. The summed E-state index contributed by atoms with van der Waals surface area (Å²) in [5, 5.41) is 0. The predicted molar refractivity (Wildman–Crippen MR) is 39.0 cm³/mol. The van der Waals surface area contributed by atoms with Crippen LogP contribution in [0, 0.1) is 0 Å². The molecule has 0 saturated heterocycles. The van der Waals surface area contributed by atoms with Crippen molar-refractivity contribution in [1.29, 1.82) is 0 Å². The highest BCUT2D eigenvalue weighted by molar-refractivity contribution is 5.13. The second-order valence-corrected chi connectivity index (χ2v) is 1.67. The van der Waals surface area contributed by atoms with Gasteiger partial charge in [0.05, 0.1) is 13.4 Å². The van der Waals surface area contributed by atoms with Gasteiger partial charge in [-0.2, -0.15) is 0 Å². The molecule has 0 amide bonds. The largest absolute Gasteiger partial charge is 0.504 e. The van der Waals surface area contributed by atoms with Gasteiger partial charge in [-0.3, -0.25) is 0 Å². The molecule has 0 bridgehead atoms. The Morgan fingerprint density at radius 3 is 2.78 bits per heavy atom. The van der Waals surface area contributed by atoms with E-state index in [0.717, 1.165) is 12.0 Å². The summed E-state index contributed by atoms with van der Waals surface area (Å²) in [6.07, 6.45) is 4.23. The topological polar surface area (TPSA) is 35.2 Å². The normalized spacial score (nSPS) is 11.1. The third-order valence-electron chi connectivity index (χ3n) is 0.964. The van der Waals surface area contributed by atoms with E-state index in [9.17, 15) is 0 Å². The van der Waals surface area contributed by atoms with Gasteiger partial charge in [0, 0.05) is 0 Å². The maximum Gasteiger partial charge on any atom is 0.0856 e. The third kappa shape index (κ3) is 3.79. The lowest BCUT2D eigenvalue weighted by Crippen LogP contribution is -1.99. The lowest BCUT2D eigenvalue weighted by molar-refractivity contribution is 0.334. The maximum absolute atomic E-state index is 5.29. The van der Waals surface area contributed by atoms with Gasteiger partial charge in [-0.15, -0.1) is 0 Å². The van der Waals surface area contributed by atoms with Crippen LogP contribution in [0.4, 0.5) is 0 Å². The van der Waals surface area contributed by atoms with Crippen LogP contribution >= 0.6 is 0 Å². The molecule has 0 saturated carbocycles. The quantitative estimate of drug-likeness (QED) is 0.452. The summed E-state index contributed by atoms with van der Waals surface area (Å²) >= 11 is 0. The van der Waals surface area contributed by atoms with Crippen LogP contribution in [-0.4, -0.2) is 13.7 Å². The molecule has 0 aromatic carbocycles. The number of ether oxygens (including phenoxy) is 1. The molecule has 0 unspecified atom stereocenters. The SMILES string of the molecule is C=C/C(=C\OC)CCN. The van der Waals surface area contributed by atoms with E-state index < -0.39 is 0 Å². The van der Waals surface area contributed by atoms with Crippen LogP contribution in [-0.2, 0) is 4.74 Å². The molecule has 0 atom stereocenters. The highest BCUT2D eigenvalue weighted by Gasteiger charge is 1.86. The third-order valence-corrected chi connectivity index (χ3v) is 0.964. The summed E-state index contributed by atoms with van der Waals surface area (Å²) < 4.78 is 4.76. The van der Waals surface area contributed by atoms with Gasteiger partial charge in [-0.05, 0) is 18.5 Å². The molecule has 0 radical (unpaired) electrons. The molecule has 2 N–H and O–H groups in total. The average molecular weight is 127 g/mol. The average Bonchev–Trinajstić information content (AvgIpc) is 1.88. The van der Waals surface area contributed by atoms with E-state index in [-0.39, 0.29) is 0 Å². The zero-order chi connectivity index (χ0) is 7.11. The summed E-state index contributed by atoms with van der Waals surface area (Å²) in [5.74, 6) is 0. The Morgan fingerprint density at radius 1 is 1.78 bits per heavy atom. The van der Waals surface area contributed by atoms with Gasteiger partial charge in [0.2, 0.25) is 0 Å². The van der Waals surface area contributed by atoms with E-state index in [2.05, 4.69) is 6.58 Å². The molecule has 52 valence electrons. The number of allylic oxidation sites excluding steroid dienone is 1. The van der Waals surface area contributed by atoms with E-state index >= 15 is 0 Å². The first-order valence-corrected chi connectivity index (χ1v) is 2.89. The van der Waals surface area contributed by atoms with Crippen molar-refractivity contribution in [3.8, 4) is 0 Å². The first kappa shape index (κ1) is 8.24. The predicted octanol–water partition coefficient (Wildman–Crippen LogP) is 1.05. The fourth-order valence-electron chi connectivity index (χ4n) is 0.527. The Labute approximate surface area is 56.0 Å². The smallest absolute Gasteiger partial charge is 0.0856 e. The molecule has 0 aliphatic carbocycles. The van der Waals surface area contributed by atoms with Crippen molar-refractivity contribution in [2.24, 2.45) is 5.73 Å². The van der Waals surface area contributed by atoms with Gasteiger partial charge in [-0.25, -0.2) is 0 Å². The summed E-state index contributed by atoms with van der Waals surface area (Å²) in [5.41, 5.74) is 6.33. The van der Waals surface area contributed by atoms with Crippen molar-refractivity contribution >= 4 is 0 Å². The fourth-order valence-corrected chi connectivity index (χ4v) is 0.527. The fraction of sp³-hybridized carbons (Fsp3) is 0.429. The van der Waals surface area contributed by atoms with Gasteiger partial charge in [0.25, 0.3) is 0 Å². The van der Waals surface area contributed by atoms with Crippen LogP contribution in [0.2, 0.25) is 0 Å². The number of hydrogen-bond acceptors (Lipinski definition) is 2. The van der Waals surface area contributed by atoms with E-state index in [4.69, 9.17) is 10.5 Å². The molecule has 0 rings (SSSR count). The lowest BCUT2D eigenvalue weighted by atomic mass is 10.2. The maximum atomic E-state index is 5.29. The molecular formula is C7H13NO. The van der Waals surface area contributed by atoms with Crippen LogP contribution in [0.1, 0.15) is 6.42 Å². The first-order chi connectivity index (χ1) is 4.35. The Bertz CT molecular complexity index is 107. The van der Waals surface area contributed by atoms with Crippen LogP contribution in [0.3, 0.4) is 0 Å². The molecule has 0 fully saturated rings. The molecular weight excluding hydrogens is 114 g/mol. The Hall–Kier alpha value is -0.760. The lowest BCUT2D eigenvalue weighted by Gasteiger charge is -1.96. The monoisotopic (exact) mass is 127 g/mol. The van der Waals surface area contributed by atoms with Gasteiger partial charge in [0.15, 0.2) is 0 Å². The highest BCUT2D eigenvalue weighted by atomic mass is 16.5. The number of methoxy groups -OCH3 is 1. The zero-order valence-electron chi connectivity index (χ0n) is 5.76. The molecule has 2 heteroatoms. The minimum Gasteiger partial charge on any atom is -0.504 e. The number of nitrogens with two attached hydrogens (primary N) is 1. The van der Waals surface area contributed by atoms with Crippen molar-refractivity contribution in [2.75, 3.05) is 13.7 Å². The molecule has 0 heterocycles. The standard InChI is InChI=1S/C7H13NO/c1-3-7(4-5-8)6-9-2/h3,6H,1,4-5,8H2,2H3/b7-6+. The van der Waals surface area contributed by atoms with Crippen LogP contribution < -0.4 is 5.73 Å². The number of hydrogen-bond donors (Lipinski definition) is 1. The van der Waals surface area contributed by atoms with Gasteiger partial charge in [-0.1, -0.05) is 12.7 Å². The Morgan fingerprint density at radius 2 is 2.44 bits per heavy atom. The molecule has 0 aliphatic heterocycles. The van der Waals surface area contributed by atoms with Gasteiger partial charge >= 0.3 is 0 Å². The first-order valence-electron chi connectivity index (χ1n) is 2.89. The minimum atomic E-state index is 0.640. The van der Waals surface area contributed by atoms with Crippen LogP contribution in [0.25, 0.3) is 0 Å². The van der Waals surface area contributed by atoms with Gasteiger partial charge < -0.3 is 10.5 Å². The molecule has 0 spiro atoms. The number of rotatable bonds is 4. The van der Waals surface area contributed by atoms with Crippen molar-refractivity contribution in [2.45, 2.75) is 6.42 Å². The zero-order valence-corrected chi connectivity index (χ0v) is 5.76. The second-order valence-electron chi connectivity index (χ2n) is 1.67. The molecule has 2 nitrogen and oxygen atoms in total. The Kier molecular flexibility index (Phi) is 4.92. The van der Waals surface area contributed by atoms with Crippen LogP contribution in [0.15, 0.2) is 24.5 Å².